The highest BCUT2D eigenvalue weighted by molar-refractivity contribution is 5.06. The fourth-order valence-electron chi connectivity index (χ4n) is 0.622. The summed E-state index contributed by atoms with van der Waals surface area (Å²) < 4.78 is 11.5. The van der Waals surface area contributed by atoms with Crippen molar-refractivity contribution >= 4 is 0 Å². The first-order chi connectivity index (χ1) is 3.38. The van der Waals surface area contributed by atoms with Crippen molar-refractivity contribution in [1.82, 2.24) is 0 Å². The number of terminal acetylenes is 1. The van der Waals surface area contributed by atoms with E-state index in [2.05, 4.69) is 5.92 Å². The van der Waals surface area contributed by atoms with Gasteiger partial charge in [0.2, 0.25) is 0 Å². The highest BCUT2D eigenvalue weighted by Crippen LogP contribution is 2.37. The van der Waals surface area contributed by atoms with Gasteiger partial charge in [-0.2, -0.15) is 0 Å². The highest BCUT2D eigenvalue weighted by Gasteiger charge is 2.34. The number of halogens is 1. The van der Waals surface area contributed by atoms with Crippen LogP contribution >= 0.6 is 0 Å². The van der Waals surface area contributed by atoms with Crippen LogP contribution in [-0.2, 0) is 0 Å². The summed E-state index contributed by atoms with van der Waals surface area (Å²) in [6.45, 7) is -0.227. The van der Waals surface area contributed by atoms with Crippen LogP contribution in [0.3, 0.4) is 0 Å². The summed E-state index contributed by atoms with van der Waals surface area (Å²) in [5.74, 6) is 2.98. The Morgan fingerprint density at radius 2 is 2.57 bits per heavy atom. The zero-order valence-corrected chi connectivity index (χ0v) is 4.02. The minimum atomic E-state index is -0.227. The van der Waals surface area contributed by atoms with Gasteiger partial charge in [-0.1, -0.05) is 0 Å². The van der Waals surface area contributed by atoms with Crippen molar-refractivity contribution < 1.29 is 4.39 Å². The van der Waals surface area contributed by atoms with Crippen LogP contribution in [0.2, 0.25) is 0 Å². The first-order valence-corrected chi connectivity index (χ1v) is 2.40. The first-order valence-electron chi connectivity index (χ1n) is 2.40. The largest absolute Gasteiger partial charge is 0.251 e. The number of hydrogen-bond acceptors (Lipinski definition) is 0. The van der Waals surface area contributed by atoms with Gasteiger partial charge in [0, 0.05) is 11.8 Å². The summed E-state index contributed by atoms with van der Waals surface area (Å²) >= 11 is 0. The molecular formula is C6H7F. The molecule has 0 aliphatic heterocycles. The summed E-state index contributed by atoms with van der Waals surface area (Å²) in [4.78, 5) is 0. The van der Waals surface area contributed by atoms with Gasteiger partial charge >= 0.3 is 0 Å². The van der Waals surface area contributed by atoms with Crippen molar-refractivity contribution in [2.45, 2.75) is 6.42 Å². The molecule has 1 saturated carbocycles. The van der Waals surface area contributed by atoms with Crippen molar-refractivity contribution in [2.75, 3.05) is 6.67 Å². The van der Waals surface area contributed by atoms with Crippen LogP contribution in [-0.4, -0.2) is 6.67 Å². The Balaban J connectivity index is 2.21. The molecule has 1 rings (SSSR count). The fraction of sp³-hybridized carbons (Fsp3) is 0.667. The average molecular weight is 98.1 g/mol. The SMILES string of the molecule is C#CC1CC1CF. The predicted octanol–water partition coefficient (Wildman–Crippen LogP) is 1.23. The normalized spacial score (nSPS) is 37.1. The summed E-state index contributed by atoms with van der Waals surface area (Å²) in [5.41, 5.74) is 0. The van der Waals surface area contributed by atoms with Gasteiger partial charge in [0.25, 0.3) is 0 Å². The van der Waals surface area contributed by atoms with Crippen LogP contribution in [0, 0.1) is 24.2 Å². The average Bonchev–Trinajstić information content (AvgIpc) is 2.43. The van der Waals surface area contributed by atoms with Crippen LogP contribution in [0.4, 0.5) is 4.39 Å². The van der Waals surface area contributed by atoms with E-state index in [1.54, 1.807) is 0 Å². The first kappa shape index (κ1) is 4.64. The maximum Gasteiger partial charge on any atom is 0.0934 e. The van der Waals surface area contributed by atoms with Gasteiger partial charge in [-0.3, -0.25) is 4.39 Å². The Morgan fingerprint density at radius 1 is 1.86 bits per heavy atom. The van der Waals surface area contributed by atoms with Gasteiger partial charge in [0.15, 0.2) is 0 Å². The molecule has 0 spiro atoms. The van der Waals surface area contributed by atoms with Crippen LogP contribution in [0.5, 0.6) is 0 Å². The van der Waals surface area contributed by atoms with Crippen LogP contribution in [0.25, 0.3) is 0 Å². The van der Waals surface area contributed by atoms with E-state index in [0.29, 0.717) is 0 Å². The van der Waals surface area contributed by atoms with E-state index in [1.807, 2.05) is 0 Å². The summed E-state index contributed by atoms with van der Waals surface area (Å²) in [7, 11) is 0. The second-order valence-corrected chi connectivity index (χ2v) is 1.92. The van der Waals surface area contributed by atoms with E-state index in [9.17, 15) is 4.39 Å². The van der Waals surface area contributed by atoms with Crippen molar-refractivity contribution in [3.8, 4) is 12.3 Å². The summed E-state index contributed by atoms with van der Waals surface area (Å²) in [6, 6.07) is 0. The maximum absolute atomic E-state index is 11.5. The smallest absolute Gasteiger partial charge is 0.0934 e. The molecule has 2 atom stereocenters. The third kappa shape index (κ3) is 0.742. The Hall–Kier alpha value is -0.510. The standard InChI is InChI=1S/C6H7F/c1-2-5-3-6(5)4-7/h1,5-6H,3-4H2. The van der Waals surface area contributed by atoms with E-state index in [0.717, 1.165) is 6.42 Å². The number of alkyl halides is 1. The minimum Gasteiger partial charge on any atom is -0.251 e. The lowest BCUT2D eigenvalue weighted by molar-refractivity contribution is 0.450. The molecule has 0 heterocycles. The molecule has 1 fully saturated rings. The molecule has 0 nitrogen and oxygen atoms in total. The zero-order chi connectivity index (χ0) is 5.28. The van der Waals surface area contributed by atoms with Gasteiger partial charge in [-0.15, -0.1) is 12.3 Å². The molecule has 0 aromatic rings. The quantitative estimate of drug-likeness (QED) is 0.433. The molecule has 1 aliphatic carbocycles. The predicted molar refractivity (Wildman–Crippen MR) is 26.4 cm³/mol. The van der Waals surface area contributed by atoms with Crippen molar-refractivity contribution in [2.24, 2.45) is 11.8 Å². The Bertz CT molecular complexity index is 101. The van der Waals surface area contributed by atoms with E-state index in [1.165, 1.54) is 0 Å². The van der Waals surface area contributed by atoms with Gasteiger partial charge < -0.3 is 0 Å². The minimum absolute atomic E-state index is 0.213. The van der Waals surface area contributed by atoms with Gasteiger partial charge in [0.1, 0.15) is 0 Å². The van der Waals surface area contributed by atoms with E-state index in [4.69, 9.17) is 6.42 Å². The molecule has 0 amide bonds. The van der Waals surface area contributed by atoms with Crippen molar-refractivity contribution in [3.63, 3.8) is 0 Å². The van der Waals surface area contributed by atoms with Crippen molar-refractivity contribution in [3.05, 3.63) is 0 Å². The Morgan fingerprint density at radius 3 is 2.71 bits per heavy atom. The second-order valence-electron chi connectivity index (χ2n) is 1.92. The lowest BCUT2D eigenvalue weighted by Crippen LogP contribution is -1.78. The molecule has 0 radical (unpaired) electrons. The lowest BCUT2D eigenvalue weighted by atomic mass is 10.3. The Kier molecular flexibility index (Phi) is 1.02. The maximum atomic E-state index is 11.5. The third-order valence-electron chi connectivity index (χ3n) is 1.33. The van der Waals surface area contributed by atoms with Gasteiger partial charge in [-0.05, 0) is 6.42 Å². The van der Waals surface area contributed by atoms with E-state index >= 15 is 0 Å². The molecule has 7 heavy (non-hydrogen) atoms. The van der Waals surface area contributed by atoms with Crippen LogP contribution in [0.15, 0.2) is 0 Å². The molecule has 38 valence electrons. The number of hydrogen-bond donors (Lipinski definition) is 0. The van der Waals surface area contributed by atoms with Gasteiger partial charge in [-0.25, -0.2) is 0 Å². The topological polar surface area (TPSA) is 0 Å². The molecule has 2 unspecified atom stereocenters. The molecular weight excluding hydrogens is 91.1 g/mol. The summed E-state index contributed by atoms with van der Waals surface area (Å²) in [5, 5.41) is 0. The van der Waals surface area contributed by atoms with Gasteiger partial charge in [0.05, 0.1) is 6.67 Å². The summed E-state index contributed by atoms with van der Waals surface area (Å²) in [6.07, 6.45) is 5.89. The van der Waals surface area contributed by atoms with E-state index < -0.39 is 0 Å². The fourth-order valence-corrected chi connectivity index (χ4v) is 0.622. The molecule has 0 aromatic carbocycles. The highest BCUT2D eigenvalue weighted by atomic mass is 19.1. The van der Waals surface area contributed by atoms with Crippen LogP contribution in [0.1, 0.15) is 6.42 Å². The molecule has 0 aromatic heterocycles. The molecule has 0 N–H and O–H groups in total. The molecule has 1 aliphatic rings. The third-order valence-corrected chi connectivity index (χ3v) is 1.33. The monoisotopic (exact) mass is 98.1 g/mol. The molecule has 0 bridgehead atoms. The zero-order valence-electron chi connectivity index (χ0n) is 4.02. The van der Waals surface area contributed by atoms with Crippen molar-refractivity contribution in [1.29, 1.82) is 0 Å². The van der Waals surface area contributed by atoms with Crippen LogP contribution < -0.4 is 0 Å². The Labute approximate surface area is 42.7 Å². The lowest BCUT2D eigenvalue weighted by Gasteiger charge is -1.76. The second kappa shape index (κ2) is 1.54. The molecule has 1 heteroatoms. The molecule has 0 saturated heterocycles. The van der Waals surface area contributed by atoms with E-state index in [-0.39, 0.29) is 18.5 Å². The number of rotatable bonds is 1.